The Morgan fingerprint density at radius 2 is 0.881 bits per heavy atom. The molecule has 0 amide bonds. The van der Waals surface area contributed by atoms with E-state index in [1.54, 1.807) is 24.3 Å². The molecule has 0 radical (unpaired) electrons. The summed E-state index contributed by atoms with van der Waals surface area (Å²) in [5, 5.41) is 30.2. The van der Waals surface area contributed by atoms with Crippen LogP contribution in [-0.2, 0) is 0 Å². The molecule has 0 fully saturated rings. The average molecular weight is 614 g/mol. The Bertz CT molecular complexity index is 2100. The van der Waals surface area contributed by atoms with Crippen LogP contribution in [0.4, 0.5) is 28.4 Å². The van der Waals surface area contributed by atoms with E-state index in [4.69, 9.17) is 0 Å². The number of nitrogens with zero attached hydrogens (tertiary/aromatic N) is 3. The zero-order valence-electron chi connectivity index (χ0n) is 21.9. The van der Waals surface area contributed by atoms with Gasteiger partial charge in [0, 0.05) is 50.9 Å². The Morgan fingerprint density at radius 3 is 1.31 bits per heavy atom. The molecule has 0 heterocycles. The molecule has 0 aromatic heterocycles. The summed E-state index contributed by atoms with van der Waals surface area (Å²) in [6.07, 6.45) is 0. The summed E-state index contributed by atoms with van der Waals surface area (Å²) in [5.41, 5.74) is 2.80. The molecule has 0 aliphatic heterocycles. The summed E-state index contributed by atoms with van der Waals surface area (Å²) in [4.78, 5) is 24.2. The van der Waals surface area contributed by atoms with E-state index in [1.165, 1.54) is 12.1 Å². The number of halogens is 1. The number of nitro benzene ring substituents is 2. The molecule has 202 valence electrons. The molecule has 7 aromatic carbocycles. The van der Waals surface area contributed by atoms with Crippen LogP contribution in [0, 0.1) is 20.2 Å². The van der Waals surface area contributed by atoms with Gasteiger partial charge in [0.05, 0.1) is 15.5 Å². The molecule has 0 spiro atoms. The minimum absolute atomic E-state index is 0.0422. The summed E-state index contributed by atoms with van der Waals surface area (Å²) in [6, 6.07) is 38.0. The van der Waals surface area contributed by atoms with Crippen LogP contribution in [-0.4, -0.2) is 9.85 Å². The number of benzene rings is 7. The second kappa shape index (κ2) is 9.94. The van der Waals surface area contributed by atoms with Gasteiger partial charge in [-0.25, -0.2) is 0 Å². The largest absolute Gasteiger partial charge is 0.309 e. The quantitative estimate of drug-likeness (QED) is 0.109. The third-order valence-corrected chi connectivity index (χ3v) is 8.47. The van der Waals surface area contributed by atoms with Crippen molar-refractivity contribution >= 4 is 87.5 Å². The first-order valence-corrected chi connectivity index (χ1v) is 13.9. The maximum Gasteiger partial charge on any atom is 0.270 e. The van der Waals surface area contributed by atoms with Crippen LogP contribution >= 0.6 is 15.9 Å². The number of nitro groups is 2. The van der Waals surface area contributed by atoms with Crippen molar-refractivity contribution in [3.63, 3.8) is 0 Å². The van der Waals surface area contributed by atoms with Crippen molar-refractivity contribution in [1.82, 2.24) is 0 Å². The molecule has 8 heteroatoms. The zero-order valence-corrected chi connectivity index (χ0v) is 23.5. The fourth-order valence-corrected chi connectivity index (χ4v) is 6.34. The normalized spacial score (nSPS) is 11.4. The van der Waals surface area contributed by atoms with E-state index in [-0.39, 0.29) is 21.2 Å². The Labute approximate surface area is 247 Å². The Balaban J connectivity index is 1.55. The summed E-state index contributed by atoms with van der Waals surface area (Å²) in [6.45, 7) is 0. The molecule has 0 saturated carbocycles. The van der Waals surface area contributed by atoms with Crippen LogP contribution < -0.4 is 4.90 Å². The van der Waals surface area contributed by atoms with Gasteiger partial charge in [-0.15, -0.1) is 0 Å². The van der Waals surface area contributed by atoms with Gasteiger partial charge in [-0.05, 0) is 84.6 Å². The second-order valence-corrected chi connectivity index (χ2v) is 10.8. The van der Waals surface area contributed by atoms with Gasteiger partial charge in [0.2, 0.25) is 0 Å². The lowest BCUT2D eigenvalue weighted by molar-refractivity contribution is -0.384. The number of anilines is 3. The van der Waals surface area contributed by atoms with Crippen molar-refractivity contribution < 1.29 is 9.85 Å². The maximum atomic E-state index is 11.4. The molecule has 0 bridgehead atoms. The van der Waals surface area contributed by atoms with Gasteiger partial charge in [0.15, 0.2) is 0 Å². The fourth-order valence-electron chi connectivity index (χ4n) is 5.65. The average Bonchev–Trinajstić information content (AvgIpc) is 3.02. The molecule has 0 unspecified atom stereocenters. The van der Waals surface area contributed by atoms with E-state index in [9.17, 15) is 20.2 Å². The number of fused-ring (bicyclic) bond motifs is 4. The molecule has 7 nitrogen and oxygen atoms in total. The molecule has 7 aromatic rings. The molecular formula is C34H20BrN3O4. The van der Waals surface area contributed by atoms with Crippen LogP contribution in [0.2, 0.25) is 0 Å². The molecule has 0 aliphatic carbocycles. The van der Waals surface area contributed by atoms with Gasteiger partial charge < -0.3 is 4.90 Å². The fraction of sp³-hybridized carbons (Fsp3) is 0. The number of hydrogen-bond acceptors (Lipinski definition) is 5. The monoisotopic (exact) mass is 613 g/mol. The summed E-state index contributed by atoms with van der Waals surface area (Å²) in [5.74, 6) is 0. The Morgan fingerprint density at radius 1 is 0.500 bits per heavy atom. The first-order valence-electron chi connectivity index (χ1n) is 13.1. The van der Waals surface area contributed by atoms with Gasteiger partial charge >= 0.3 is 0 Å². The van der Waals surface area contributed by atoms with Crippen molar-refractivity contribution in [3.8, 4) is 0 Å². The lowest BCUT2D eigenvalue weighted by atomic mass is 9.98. The molecule has 42 heavy (non-hydrogen) atoms. The first kappa shape index (κ1) is 25.6. The standard InChI is InChI=1S/C34H20BrN3O4/c35-33-29-5-1-3-7-31(29)34(32-8-4-2-6-30(32)33)36(25-13-9-23-19-27(37(39)40)15-11-21(23)17-25)26-14-10-24-20-28(38(41)42)16-12-22(24)18-26/h1-20H. The highest BCUT2D eigenvalue weighted by atomic mass is 79.9. The van der Waals surface area contributed by atoms with E-state index in [0.717, 1.165) is 64.6 Å². The van der Waals surface area contributed by atoms with Crippen LogP contribution in [0.5, 0.6) is 0 Å². The SMILES string of the molecule is O=[N+]([O-])c1ccc2cc(N(c3ccc4cc([N+](=O)[O-])ccc4c3)c3c4ccccc4c(Br)c4ccccc34)ccc2c1. The zero-order chi connectivity index (χ0) is 29.0. The third kappa shape index (κ3) is 4.20. The number of non-ortho nitro benzene ring substituents is 2. The van der Waals surface area contributed by atoms with Crippen LogP contribution in [0.1, 0.15) is 0 Å². The smallest absolute Gasteiger partial charge is 0.270 e. The van der Waals surface area contributed by atoms with E-state index in [0.29, 0.717) is 0 Å². The predicted molar refractivity (Wildman–Crippen MR) is 172 cm³/mol. The van der Waals surface area contributed by atoms with Crippen LogP contribution in [0.25, 0.3) is 43.1 Å². The lowest BCUT2D eigenvalue weighted by Crippen LogP contribution is -2.11. The van der Waals surface area contributed by atoms with Crippen LogP contribution in [0.15, 0.2) is 126 Å². The van der Waals surface area contributed by atoms with E-state index in [1.807, 2.05) is 60.7 Å². The summed E-state index contributed by atoms with van der Waals surface area (Å²) < 4.78 is 1.01. The van der Waals surface area contributed by atoms with Crippen molar-refractivity contribution in [2.45, 2.75) is 0 Å². The highest BCUT2D eigenvalue weighted by molar-refractivity contribution is 9.10. The number of rotatable bonds is 5. The van der Waals surface area contributed by atoms with Crippen molar-refractivity contribution in [2.24, 2.45) is 0 Å². The van der Waals surface area contributed by atoms with Gasteiger partial charge in [0.25, 0.3) is 11.4 Å². The van der Waals surface area contributed by atoms with Gasteiger partial charge in [-0.1, -0.05) is 60.7 Å². The van der Waals surface area contributed by atoms with Crippen molar-refractivity contribution in [2.75, 3.05) is 4.90 Å². The molecular weight excluding hydrogens is 594 g/mol. The Hall–Kier alpha value is -5.34. The topological polar surface area (TPSA) is 89.5 Å². The maximum absolute atomic E-state index is 11.4. The molecule has 0 aliphatic rings. The minimum Gasteiger partial charge on any atom is -0.309 e. The second-order valence-electron chi connectivity index (χ2n) is 10.0. The summed E-state index contributed by atoms with van der Waals surface area (Å²) >= 11 is 3.85. The highest BCUT2D eigenvalue weighted by Crippen LogP contribution is 2.47. The highest BCUT2D eigenvalue weighted by Gasteiger charge is 2.22. The first-order chi connectivity index (χ1) is 20.4. The number of hydrogen-bond donors (Lipinski definition) is 0. The Kier molecular flexibility index (Phi) is 6.06. The lowest BCUT2D eigenvalue weighted by Gasteiger charge is -2.29. The minimum atomic E-state index is -0.390. The molecule has 0 saturated heterocycles. The van der Waals surface area contributed by atoms with Crippen LogP contribution in [0.3, 0.4) is 0 Å². The molecule has 7 rings (SSSR count). The van der Waals surface area contributed by atoms with E-state index in [2.05, 4.69) is 45.1 Å². The van der Waals surface area contributed by atoms with Gasteiger partial charge in [-0.3, -0.25) is 20.2 Å². The van der Waals surface area contributed by atoms with Gasteiger partial charge in [0.1, 0.15) is 0 Å². The molecule has 0 atom stereocenters. The molecule has 0 N–H and O–H groups in total. The predicted octanol–water partition coefficient (Wildman–Crippen LogP) is 10.3. The van der Waals surface area contributed by atoms with Gasteiger partial charge in [-0.2, -0.15) is 0 Å². The van der Waals surface area contributed by atoms with Crippen molar-refractivity contribution in [3.05, 3.63) is 146 Å². The van der Waals surface area contributed by atoms with Crippen molar-refractivity contribution in [1.29, 1.82) is 0 Å². The van der Waals surface area contributed by atoms with E-state index >= 15 is 0 Å². The summed E-state index contributed by atoms with van der Waals surface area (Å²) in [7, 11) is 0. The third-order valence-electron chi connectivity index (χ3n) is 7.61. The van der Waals surface area contributed by atoms with E-state index < -0.39 is 0 Å².